The number of nitrogens with zero attached hydrogens (tertiary/aromatic N) is 1. The van der Waals surface area contributed by atoms with Crippen LogP contribution in [0.5, 0.6) is 5.88 Å². The fourth-order valence-corrected chi connectivity index (χ4v) is 3.14. The maximum Gasteiger partial charge on any atom is 0.291 e. The highest BCUT2D eigenvalue weighted by Gasteiger charge is 2.13. The molecule has 0 unspecified atom stereocenters. The monoisotopic (exact) mass is 441 g/mol. The lowest BCUT2D eigenvalue weighted by Gasteiger charge is -2.11. The predicted octanol–water partition coefficient (Wildman–Crippen LogP) is 4.74. The minimum absolute atomic E-state index is 0.201. The van der Waals surface area contributed by atoms with Crippen LogP contribution in [0.1, 0.15) is 37.6 Å². The van der Waals surface area contributed by atoms with Gasteiger partial charge >= 0.3 is 0 Å². The van der Waals surface area contributed by atoms with Crippen molar-refractivity contribution in [1.82, 2.24) is 10.3 Å². The zero-order chi connectivity index (χ0) is 23.0. The maximum atomic E-state index is 12.7. The molecular formula is C26H23N3O4. The highest BCUT2D eigenvalue weighted by atomic mass is 16.5. The Bertz CT molecular complexity index is 1240. The molecule has 7 nitrogen and oxygen atoms in total. The van der Waals surface area contributed by atoms with Crippen molar-refractivity contribution in [3.05, 3.63) is 113 Å². The van der Waals surface area contributed by atoms with Crippen molar-refractivity contribution in [2.45, 2.75) is 20.1 Å². The second-order valence-corrected chi connectivity index (χ2v) is 7.42. The maximum absolute atomic E-state index is 12.7. The summed E-state index contributed by atoms with van der Waals surface area (Å²) < 4.78 is 10.9. The number of amides is 2. The van der Waals surface area contributed by atoms with Crippen molar-refractivity contribution >= 4 is 17.5 Å². The molecule has 0 bridgehead atoms. The molecule has 0 saturated carbocycles. The molecule has 0 radical (unpaired) electrons. The lowest BCUT2D eigenvalue weighted by Crippen LogP contribution is -2.23. The van der Waals surface area contributed by atoms with E-state index in [1.165, 1.54) is 6.26 Å². The molecule has 166 valence electrons. The highest BCUT2D eigenvalue weighted by molar-refractivity contribution is 6.03. The molecule has 2 aromatic heterocycles. The number of aryl methyl sites for hydroxylation is 1. The fraction of sp³-hybridized carbons (Fsp3) is 0.115. The van der Waals surface area contributed by atoms with Crippen molar-refractivity contribution in [1.29, 1.82) is 0 Å². The van der Waals surface area contributed by atoms with Gasteiger partial charge in [0.15, 0.2) is 5.76 Å². The van der Waals surface area contributed by atoms with Gasteiger partial charge in [-0.25, -0.2) is 4.98 Å². The van der Waals surface area contributed by atoms with Gasteiger partial charge in [0.05, 0.1) is 6.26 Å². The van der Waals surface area contributed by atoms with Gasteiger partial charge in [-0.15, -0.1) is 0 Å². The van der Waals surface area contributed by atoms with Crippen molar-refractivity contribution < 1.29 is 18.7 Å². The first kappa shape index (κ1) is 21.8. The fourth-order valence-electron chi connectivity index (χ4n) is 3.14. The molecule has 0 aliphatic heterocycles. The molecule has 0 fully saturated rings. The molecule has 2 aromatic carbocycles. The van der Waals surface area contributed by atoms with E-state index in [0.29, 0.717) is 30.3 Å². The number of nitrogens with one attached hydrogen (secondary N) is 2. The van der Waals surface area contributed by atoms with Gasteiger partial charge in [0.1, 0.15) is 6.61 Å². The van der Waals surface area contributed by atoms with Gasteiger partial charge in [0, 0.05) is 30.1 Å². The summed E-state index contributed by atoms with van der Waals surface area (Å²) in [5.74, 6) is 0.0589. The van der Waals surface area contributed by atoms with Crippen molar-refractivity contribution in [2.24, 2.45) is 0 Å². The number of hydrogen-bond donors (Lipinski definition) is 2. The van der Waals surface area contributed by atoms with E-state index < -0.39 is 0 Å². The van der Waals surface area contributed by atoms with Crippen LogP contribution in [0.15, 0.2) is 89.7 Å². The number of carbonyl (C=O) groups excluding carboxylic acids is 2. The Morgan fingerprint density at radius 3 is 2.58 bits per heavy atom. The highest BCUT2D eigenvalue weighted by Crippen LogP contribution is 2.19. The largest absolute Gasteiger partial charge is 0.473 e. The smallest absolute Gasteiger partial charge is 0.291 e. The first-order valence-electron chi connectivity index (χ1n) is 10.4. The standard InChI is InChI=1S/C26H23N3O4/c1-18-9-10-21(15-22(18)29-26(31)23-8-5-13-32-23)25(30)28-16-20-11-12-27-24(14-20)33-17-19-6-3-2-4-7-19/h2-15H,16-17H2,1H3,(H,28,30)(H,29,31). The van der Waals surface area contributed by atoms with E-state index in [2.05, 4.69) is 15.6 Å². The first-order chi connectivity index (χ1) is 16.1. The van der Waals surface area contributed by atoms with Crippen molar-refractivity contribution in [3.8, 4) is 5.88 Å². The number of aromatic nitrogens is 1. The van der Waals surface area contributed by atoms with Crippen LogP contribution in [-0.2, 0) is 13.2 Å². The normalized spacial score (nSPS) is 10.5. The number of furan rings is 1. The van der Waals surface area contributed by atoms with Crippen LogP contribution in [0.4, 0.5) is 5.69 Å². The minimum atomic E-state index is -0.375. The van der Waals surface area contributed by atoms with Gasteiger partial charge in [-0.05, 0) is 53.9 Å². The van der Waals surface area contributed by atoms with Gasteiger partial charge in [0.25, 0.3) is 11.8 Å². The SMILES string of the molecule is Cc1ccc(C(=O)NCc2ccnc(OCc3ccccc3)c2)cc1NC(=O)c1ccco1. The van der Waals surface area contributed by atoms with Crippen LogP contribution in [0.3, 0.4) is 0 Å². The van der Waals surface area contributed by atoms with Crippen LogP contribution < -0.4 is 15.4 Å². The molecule has 2 heterocycles. The number of anilines is 1. The Morgan fingerprint density at radius 1 is 0.939 bits per heavy atom. The average Bonchev–Trinajstić information content (AvgIpc) is 3.39. The molecule has 33 heavy (non-hydrogen) atoms. The molecule has 0 spiro atoms. The molecular weight excluding hydrogens is 418 g/mol. The summed E-state index contributed by atoms with van der Waals surface area (Å²) in [6.07, 6.45) is 3.08. The Hall–Kier alpha value is -4.39. The number of carbonyl (C=O) groups is 2. The molecule has 4 aromatic rings. The Labute approximate surface area is 191 Å². The van der Waals surface area contributed by atoms with Crippen LogP contribution in [0.2, 0.25) is 0 Å². The van der Waals surface area contributed by atoms with Gasteiger partial charge in [-0.3, -0.25) is 9.59 Å². The topological polar surface area (TPSA) is 93.5 Å². The summed E-state index contributed by atoms with van der Waals surface area (Å²) >= 11 is 0. The number of benzene rings is 2. The quantitative estimate of drug-likeness (QED) is 0.412. The molecule has 2 amide bonds. The summed E-state index contributed by atoms with van der Waals surface area (Å²) in [4.78, 5) is 29.2. The lowest BCUT2D eigenvalue weighted by atomic mass is 10.1. The van der Waals surface area contributed by atoms with E-state index in [4.69, 9.17) is 9.15 Å². The van der Waals surface area contributed by atoms with Gasteiger partial charge in [-0.2, -0.15) is 0 Å². The van der Waals surface area contributed by atoms with Crippen LogP contribution in [0.25, 0.3) is 0 Å². The molecule has 0 aliphatic carbocycles. The summed E-state index contributed by atoms with van der Waals surface area (Å²) in [6, 6.07) is 21.8. The first-order valence-corrected chi connectivity index (χ1v) is 10.4. The Morgan fingerprint density at radius 2 is 1.79 bits per heavy atom. The van der Waals surface area contributed by atoms with Gasteiger partial charge in [-0.1, -0.05) is 36.4 Å². The summed E-state index contributed by atoms with van der Waals surface area (Å²) in [7, 11) is 0. The number of rotatable bonds is 8. The van der Waals surface area contributed by atoms with E-state index in [-0.39, 0.29) is 17.6 Å². The van der Waals surface area contributed by atoms with Gasteiger partial charge in [0.2, 0.25) is 5.88 Å². The summed E-state index contributed by atoms with van der Waals surface area (Å²) in [5, 5.41) is 5.67. The average molecular weight is 441 g/mol. The van der Waals surface area contributed by atoms with Crippen LogP contribution in [0, 0.1) is 6.92 Å². The number of ether oxygens (including phenoxy) is 1. The number of pyridine rings is 1. The Kier molecular flexibility index (Phi) is 6.80. The second-order valence-electron chi connectivity index (χ2n) is 7.42. The molecule has 0 saturated heterocycles. The number of hydrogen-bond acceptors (Lipinski definition) is 5. The van der Waals surface area contributed by atoms with E-state index in [1.807, 2.05) is 43.3 Å². The molecule has 4 rings (SSSR count). The summed E-state index contributed by atoms with van der Waals surface area (Å²) in [6.45, 7) is 2.58. The van der Waals surface area contributed by atoms with Crippen LogP contribution >= 0.6 is 0 Å². The van der Waals surface area contributed by atoms with E-state index in [0.717, 1.165) is 16.7 Å². The lowest BCUT2D eigenvalue weighted by molar-refractivity contribution is 0.0948. The van der Waals surface area contributed by atoms with Crippen molar-refractivity contribution in [3.63, 3.8) is 0 Å². The molecule has 0 atom stereocenters. The van der Waals surface area contributed by atoms with Gasteiger partial charge < -0.3 is 19.8 Å². The third-order valence-corrected chi connectivity index (χ3v) is 4.97. The predicted molar refractivity (Wildman–Crippen MR) is 124 cm³/mol. The summed E-state index contributed by atoms with van der Waals surface area (Å²) in [5.41, 5.74) is 3.72. The zero-order valence-electron chi connectivity index (χ0n) is 18.1. The molecule has 0 aliphatic rings. The third kappa shape index (κ3) is 5.86. The Balaban J connectivity index is 1.36. The van der Waals surface area contributed by atoms with E-state index in [9.17, 15) is 9.59 Å². The third-order valence-electron chi connectivity index (χ3n) is 4.97. The van der Waals surface area contributed by atoms with Crippen molar-refractivity contribution in [2.75, 3.05) is 5.32 Å². The second kappa shape index (κ2) is 10.3. The van der Waals surface area contributed by atoms with E-state index >= 15 is 0 Å². The minimum Gasteiger partial charge on any atom is -0.473 e. The van der Waals surface area contributed by atoms with Crippen LogP contribution in [-0.4, -0.2) is 16.8 Å². The molecule has 7 heteroatoms. The van der Waals surface area contributed by atoms with E-state index in [1.54, 1.807) is 42.6 Å². The zero-order valence-corrected chi connectivity index (χ0v) is 18.1. The molecule has 2 N–H and O–H groups in total.